The first-order valence-corrected chi connectivity index (χ1v) is 11.5. The molecule has 0 N–H and O–H groups in total. The summed E-state index contributed by atoms with van der Waals surface area (Å²) in [6.07, 6.45) is 5.86. The van der Waals surface area contributed by atoms with Crippen LogP contribution in [0.4, 0.5) is 4.79 Å². The summed E-state index contributed by atoms with van der Waals surface area (Å²) in [5.41, 5.74) is 0.223. The van der Waals surface area contributed by atoms with E-state index in [2.05, 4.69) is 33.8 Å². The minimum atomic E-state index is -0.619. The second-order valence-corrected chi connectivity index (χ2v) is 11.1. The molecule has 0 radical (unpaired) electrons. The van der Waals surface area contributed by atoms with E-state index < -0.39 is 23.1 Å². The molecule has 162 valence electrons. The average molecular weight is 405 g/mol. The fraction of sp³-hybridized carbons (Fsp3) is 0.875. The highest BCUT2D eigenvalue weighted by Gasteiger charge is 2.76. The van der Waals surface area contributed by atoms with Crippen molar-refractivity contribution in [3.8, 4) is 0 Å². The first-order chi connectivity index (χ1) is 13.6. The third-order valence-electron chi connectivity index (χ3n) is 8.91. The molecule has 0 aromatic heterocycles. The van der Waals surface area contributed by atoms with E-state index in [-0.39, 0.29) is 17.9 Å². The van der Waals surface area contributed by atoms with Gasteiger partial charge >= 0.3 is 6.16 Å². The summed E-state index contributed by atoms with van der Waals surface area (Å²) in [7, 11) is 0. The van der Waals surface area contributed by atoms with Gasteiger partial charge in [-0.25, -0.2) is 4.79 Å². The van der Waals surface area contributed by atoms with E-state index in [1.165, 1.54) is 5.57 Å². The Bertz CT molecular complexity index is 742. The van der Waals surface area contributed by atoms with E-state index in [9.17, 15) is 4.79 Å². The summed E-state index contributed by atoms with van der Waals surface area (Å²) in [5.74, 6) is 1.38. The lowest BCUT2D eigenvalue weighted by Gasteiger charge is -2.64. The van der Waals surface area contributed by atoms with Crippen LogP contribution in [0.2, 0.25) is 0 Å². The van der Waals surface area contributed by atoms with Crippen LogP contribution in [0.3, 0.4) is 0 Å². The molecule has 0 amide bonds. The molecule has 5 rings (SSSR count). The number of carbonyl (C=O) groups is 1. The monoisotopic (exact) mass is 404 g/mol. The highest BCUT2D eigenvalue weighted by Crippen LogP contribution is 2.66. The van der Waals surface area contributed by atoms with Crippen LogP contribution in [0.5, 0.6) is 0 Å². The zero-order chi connectivity index (χ0) is 20.8. The number of rotatable bonds is 1. The van der Waals surface area contributed by atoms with Gasteiger partial charge in [-0.05, 0) is 71.1 Å². The van der Waals surface area contributed by atoms with Gasteiger partial charge in [0.1, 0.15) is 0 Å². The van der Waals surface area contributed by atoms with Gasteiger partial charge in [0.2, 0.25) is 0 Å². The fourth-order valence-corrected chi connectivity index (χ4v) is 7.60. The van der Waals surface area contributed by atoms with Crippen molar-refractivity contribution in [2.75, 3.05) is 6.61 Å². The zero-order valence-corrected chi connectivity index (χ0v) is 18.7. The molecule has 29 heavy (non-hydrogen) atoms. The maximum atomic E-state index is 12.7. The van der Waals surface area contributed by atoms with Gasteiger partial charge in [0, 0.05) is 17.8 Å². The van der Waals surface area contributed by atoms with Crippen LogP contribution in [0.1, 0.15) is 67.2 Å². The lowest BCUT2D eigenvalue weighted by atomic mass is 9.45. The minimum Gasteiger partial charge on any atom is -0.424 e. The van der Waals surface area contributed by atoms with Crippen molar-refractivity contribution >= 4 is 6.16 Å². The zero-order valence-electron chi connectivity index (χ0n) is 18.7. The number of ether oxygens (including phenoxy) is 4. The summed E-state index contributed by atoms with van der Waals surface area (Å²) in [5, 5.41) is 0. The van der Waals surface area contributed by atoms with Crippen LogP contribution in [-0.2, 0) is 18.9 Å². The fourth-order valence-electron chi connectivity index (χ4n) is 7.60. The molecule has 0 aromatic rings. The first-order valence-electron chi connectivity index (χ1n) is 11.5. The first kappa shape index (κ1) is 19.9. The highest BCUT2D eigenvalue weighted by molar-refractivity contribution is 5.65. The van der Waals surface area contributed by atoms with Gasteiger partial charge < -0.3 is 18.9 Å². The molecule has 2 saturated heterocycles. The lowest BCUT2D eigenvalue weighted by Crippen LogP contribution is -2.73. The van der Waals surface area contributed by atoms with Crippen LogP contribution in [0.15, 0.2) is 11.6 Å². The van der Waals surface area contributed by atoms with Crippen LogP contribution < -0.4 is 0 Å². The summed E-state index contributed by atoms with van der Waals surface area (Å²) in [6.45, 7) is 13.7. The normalized spacial score (nSPS) is 52.2. The molecule has 0 unspecified atom stereocenters. The smallest absolute Gasteiger partial charge is 0.424 e. The van der Waals surface area contributed by atoms with E-state index in [1.54, 1.807) is 0 Å². The van der Waals surface area contributed by atoms with Gasteiger partial charge in [-0.3, -0.25) is 0 Å². The van der Waals surface area contributed by atoms with Gasteiger partial charge in [-0.1, -0.05) is 25.5 Å². The third kappa shape index (κ3) is 2.62. The molecule has 3 aliphatic carbocycles. The standard InChI is InChI=1S/C24H36O5/c1-13(2)16-8-7-14(3)17-9-10-23(6)24(29-21(25)28-23)18(16)11-15-12-26-22(4,5)27-20(15)19(17)24/h7,13,15-20H,8-12H2,1-6H3/b14-7-/t15-,16+,17-,18-,19-,20+,23+,24-/m0/s1. The van der Waals surface area contributed by atoms with E-state index in [4.69, 9.17) is 18.9 Å². The summed E-state index contributed by atoms with van der Waals surface area (Å²) in [4.78, 5) is 12.7. The SMILES string of the molecule is C/C1=C/C[C@H](C(C)C)[C@@H]2C[C@H]3COC(C)(C)O[C@H]3[C@@H]3[C@H]1CC[C@@]1(C)OC(=O)O[C@]321. The Kier molecular flexibility index (Phi) is 4.27. The molecular formula is C24H36O5. The van der Waals surface area contributed by atoms with Gasteiger partial charge in [-0.15, -0.1) is 0 Å². The molecule has 5 nitrogen and oxygen atoms in total. The average Bonchev–Trinajstić information content (AvgIpc) is 2.89. The van der Waals surface area contributed by atoms with Crippen molar-refractivity contribution in [2.24, 2.45) is 35.5 Å². The number of carbonyl (C=O) groups excluding carboxylic acids is 1. The maximum absolute atomic E-state index is 12.7. The van der Waals surface area contributed by atoms with E-state index in [0.29, 0.717) is 30.3 Å². The van der Waals surface area contributed by atoms with Crippen LogP contribution in [0, 0.1) is 35.5 Å². The second-order valence-electron chi connectivity index (χ2n) is 11.1. The molecule has 2 aliphatic heterocycles. The number of hydrogen-bond acceptors (Lipinski definition) is 5. The van der Waals surface area contributed by atoms with Crippen LogP contribution >= 0.6 is 0 Å². The summed E-state index contributed by atoms with van der Waals surface area (Å²) >= 11 is 0. The largest absolute Gasteiger partial charge is 0.509 e. The van der Waals surface area contributed by atoms with E-state index in [0.717, 1.165) is 25.7 Å². The Hall–Kier alpha value is -1.07. The van der Waals surface area contributed by atoms with E-state index >= 15 is 0 Å². The van der Waals surface area contributed by atoms with Crippen molar-refractivity contribution < 1.29 is 23.7 Å². The Morgan fingerprint density at radius 1 is 1.17 bits per heavy atom. The van der Waals surface area contributed by atoms with Gasteiger partial charge in [0.25, 0.3) is 0 Å². The van der Waals surface area contributed by atoms with Crippen molar-refractivity contribution in [2.45, 2.75) is 90.3 Å². The minimum absolute atomic E-state index is 0.0170. The Morgan fingerprint density at radius 3 is 2.66 bits per heavy atom. The molecule has 2 heterocycles. The number of hydrogen-bond donors (Lipinski definition) is 0. The number of allylic oxidation sites excluding steroid dienone is 2. The van der Waals surface area contributed by atoms with E-state index in [1.807, 2.05) is 13.8 Å². The summed E-state index contributed by atoms with van der Waals surface area (Å²) in [6, 6.07) is 0. The van der Waals surface area contributed by atoms with Gasteiger partial charge in [0.15, 0.2) is 17.0 Å². The molecule has 2 saturated carbocycles. The molecule has 8 atom stereocenters. The Labute approximate surface area is 174 Å². The van der Waals surface area contributed by atoms with Crippen molar-refractivity contribution in [1.82, 2.24) is 0 Å². The van der Waals surface area contributed by atoms with Gasteiger partial charge in [0.05, 0.1) is 12.7 Å². The molecule has 5 aliphatic rings. The molecule has 4 fully saturated rings. The van der Waals surface area contributed by atoms with Gasteiger partial charge in [-0.2, -0.15) is 0 Å². The predicted molar refractivity (Wildman–Crippen MR) is 108 cm³/mol. The van der Waals surface area contributed by atoms with Crippen molar-refractivity contribution in [3.05, 3.63) is 11.6 Å². The van der Waals surface area contributed by atoms with Crippen molar-refractivity contribution in [1.29, 1.82) is 0 Å². The molecule has 4 bridgehead atoms. The third-order valence-corrected chi connectivity index (χ3v) is 8.91. The maximum Gasteiger partial charge on any atom is 0.509 e. The lowest BCUT2D eigenvalue weighted by molar-refractivity contribution is -0.347. The predicted octanol–water partition coefficient (Wildman–Crippen LogP) is 5.09. The highest BCUT2D eigenvalue weighted by atomic mass is 16.8. The molecule has 0 aromatic carbocycles. The van der Waals surface area contributed by atoms with Crippen LogP contribution in [0.25, 0.3) is 0 Å². The number of fused-ring (bicyclic) bond motifs is 1. The Morgan fingerprint density at radius 2 is 1.93 bits per heavy atom. The Balaban J connectivity index is 1.73. The topological polar surface area (TPSA) is 54.0 Å². The molecule has 1 spiro atoms. The van der Waals surface area contributed by atoms with Crippen LogP contribution in [-0.4, -0.2) is 35.9 Å². The van der Waals surface area contributed by atoms with Crippen molar-refractivity contribution in [3.63, 3.8) is 0 Å². The quantitative estimate of drug-likeness (QED) is 0.450. The second kappa shape index (κ2) is 6.23. The summed E-state index contributed by atoms with van der Waals surface area (Å²) < 4.78 is 25.1. The molecular weight excluding hydrogens is 368 g/mol. The molecule has 5 heteroatoms.